The van der Waals surface area contributed by atoms with Crippen molar-refractivity contribution in [3.63, 3.8) is 0 Å². The van der Waals surface area contributed by atoms with Gasteiger partial charge in [0.2, 0.25) is 24.3 Å². The number of nitrogens with one attached hydrogen (secondary N) is 2. The lowest BCUT2D eigenvalue weighted by molar-refractivity contribution is 0.561. The number of nitrogens with zero attached hydrogens (tertiary/aromatic N) is 2. The average molecular weight is 330 g/mol. The number of aliphatic imine (C=N–C) groups is 2. The molecule has 0 aliphatic carbocycles. The van der Waals surface area contributed by atoms with Gasteiger partial charge >= 0.3 is 0 Å². The van der Waals surface area contributed by atoms with Crippen LogP contribution < -0.4 is 0 Å². The maximum Gasteiger partial charge on any atom is 0.235 e. The summed E-state index contributed by atoms with van der Waals surface area (Å²) in [5.74, 6) is 0. The first-order valence-corrected chi connectivity index (χ1v) is 6.60. The van der Waals surface area contributed by atoms with Crippen LogP contribution in [0, 0.1) is 38.5 Å². The molecule has 0 atom stereocenters. The second-order valence-electron chi connectivity index (χ2n) is 4.48. The first kappa shape index (κ1) is 23.0. The van der Waals surface area contributed by atoms with Crippen molar-refractivity contribution < 1.29 is 19.2 Å². The summed E-state index contributed by atoms with van der Waals surface area (Å²) in [6.45, 7) is 8.62. The maximum atomic E-state index is 10.3. The monoisotopic (exact) mass is 330 g/mol. The summed E-state index contributed by atoms with van der Waals surface area (Å²) in [5.41, 5.74) is 6.46. The molecule has 1 aromatic carbocycles. The standard InChI is InChI=1S/C14H16N2O2.2CHNO/c1-9-10(2)12(4)14(6-16-8-18)13(11(9)3)5-15-7-17;2*2-1-3/h5-6H2,1-4H3;2*2H. The van der Waals surface area contributed by atoms with Crippen molar-refractivity contribution in [3.8, 4) is 0 Å². The summed E-state index contributed by atoms with van der Waals surface area (Å²) in [6.07, 6.45) is 4.59. The minimum absolute atomic E-state index is 0.279. The Labute approximate surface area is 139 Å². The molecular weight excluding hydrogens is 312 g/mol. The average Bonchev–Trinajstić information content (AvgIpc) is 2.55. The molecule has 8 heteroatoms. The van der Waals surface area contributed by atoms with Crippen LogP contribution in [0.3, 0.4) is 0 Å². The number of isocyanates is 4. The predicted molar refractivity (Wildman–Crippen MR) is 85.9 cm³/mol. The van der Waals surface area contributed by atoms with Gasteiger partial charge in [-0.2, -0.15) is 0 Å². The zero-order valence-corrected chi connectivity index (χ0v) is 13.9. The summed E-state index contributed by atoms with van der Waals surface area (Å²) in [4.78, 5) is 44.5. The summed E-state index contributed by atoms with van der Waals surface area (Å²) >= 11 is 0. The molecule has 0 amide bonds. The Hall–Kier alpha value is -3.26. The fourth-order valence-electron chi connectivity index (χ4n) is 2.12. The van der Waals surface area contributed by atoms with E-state index < -0.39 is 0 Å². The molecule has 0 saturated carbocycles. The van der Waals surface area contributed by atoms with E-state index in [9.17, 15) is 9.59 Å². The molecule has 1 aromatic rings. The highest BCUT2D eigenvalue weighted by Gasteiger charge is 2.14. The molecule has 1 rings (SSSR count). The zero-order chi connectivity index (χ0) is 19.1. The van der Waals surface area contributed by atoms with Gasteiger partial charge in [0.25, 0.3) is 0 Å². The smallest absolute Gasteiger partial charge is 0.222 e. The molecular formula is C16H18N4O4. The molecule has 0 aromatic heterocycles. The Morgan fingerprint density at radius 1 is 0.667 bits per heavy atom. The minimum atomic E-state index is 0.279. The van der Waals surface area contributed by atoms with Gasteiger partial charge in [0.15, 0.2) is 0 Å². The van der Waals surface area contributed by atoms with E-state index in [1.165, 1.54) is 11.1 Å². The Morgan fingerprint density at radius 2 is 0.917 bits per heavy atom. The molecule has 0 unspecified atom stereocenters. The summed E-state index contributed by atoms with van der Waals surface area (Å²) in [7, 11) is 0. The highest BCUT2D eigenvalue weighted by atomic mass is 16.1. The first-order chi connectivity index (χ1) is 11.4. The van der Waals surface area contributed by atoms with Gasteiger partial charge in [-0.1, -0.05) is 0 Å². The number of carbonyl (C=O) groups excluding carboxylic acids is 4. The van der Waals surface area contributed by atoms with E-state index >= 15 is 0 Å². The largest absolute Gasteiger partial charge is 0.235 e. The second-order valence-corrected chi connectivity index (χ2v) is 4.48. The fraction of sp³-hybridized carbons (Fsp3) is 0.375. The van der Waals surface area contributed by atoms with Gasteiger partial charge < -0.3 is 0 Å². The van der Waals surface area contributed by atoms with Crippen molar-refractivity contribution in [1.82, 2.24) is 0 Å². The molecule has 0 spiro atoms. The molecule has 8 nitrogen and oxygen atoms in total. The van der Waals surface area contributed by atoms with E-state index in [-0.39, 0.29) is 13.1 Å². The molecule has 2 N–H and O–H groups in total. The summed E-state index contributed by atoms with van der Waals surface area (Å²) in [5, 5.41) is 10.8. The molecule has 0 aliphatic rings. The van der Waals surface area contributed by atoms with Gasteiger partial charge in [-0.05, 0) is 61.1 Å². The number of rotatable bonds is 4. The van der Waals surface area contributed by atoms with Crippen molar-refractivity contribution in [2.24, 2.45) is 9.98 Å². The lowest BCUT2D eigenvalue weighted by Crippen LogP contribution is -2.05. The Balaban J connectivity index is 0. The van der Waals surface area contributed by atoms with Crippen LogP contribution >= 0.6 is 0 Å². The van der Waals surface area contributed by atoms with E-state index in [0.29, 0.717) is 0 Å². The first-order valence-electron chi connectivity index (χ1n) is 6.60. The van der Waals surface area contributed by atoms with Crippen molar-refractivity contribution in [3.05, 3.63) is 33.4 Å². The van der Waals surface area contributed by atoms with Crippen LogP contribution in [-0.2, 0) is 32.3 Å². The number of benzene rings is 1. The van der Waals surface area contributed by atoms with Gasteiger partial charge in [0.1, 0.15) is 0 Å². The van der Waals surface area contributed by atoms with E-state index in [1.54, 1.807) is 12.2 Å². The SMILES string of the molecule is Cc1c(C)c(C)c(CN=C=O)c(CN=C=O)c1C.N=C=O.N=C=O. The van der Waals surface area contributed by atoms with E-state index in [2.05, 4.69) is 9.98 Å². The third-order valence-electron chi connectivity index (χ3n) is 3.56. The highest BCUT2D eigenvalue weighted by molar-refractivity contribution is 5.51. The topological polar surface area (TPSA) is 141 Å². The van der Waals surface area contributed by atoms with Gasteiger partial charge in [0.05, 0.1) is 13.1 Å². The van der Waals surface area contributed by atoms with Crippen LogP contribution in [0.25, 0.3) is 0 Å². The lowest BCUT2D eigenvalue weighted by Gasteiger charge is -2.18. The molecule has 0 heterocycles. The van der Waals surface area contributed by atoms with Crippen LogP contribution in [-0.4, -0.2) is 24.3 Å². The molecule has 0 fully saturated rings. The molecule has 24 heavy (non-hydrogen) atoms. The van der Waals surface area contributed by atoms with Crippen LogP contribution in [0.1, 0.15) is 33.4 Å². The van der Waals surface area contributed by atoms with Crippen LogP contribution in [0.2, 0.25) is 0 Å². The van der Waals surface area contributed by atoms with Gasteiger partial charge in [0, 0.05) is 0 Å². The summed E-state index contributed by atoms with van der Waals surface area (Å²) in [6, 6.07) is 0. The molecule has 0 bridgehead atoms. The molecule has 0 aliphatic heterocycles. The summed E-state index contributed by atoms with van der Waals surface area (Å²) < 4.78 is 0. The van der Waals surface area contributed by atoms with Crippen molar-refractivity contribution in [2.75, 3.05) is 0 Å². The maximum absolute atomic E-state index is 10.3. The van der Waals surface area contributed by atoms with E-state index in [4.69, 9.17) is 20.4 Å². The van der Waals surface area contributed by atoms with E-state index in [1.807, 2.05) is 27.7 Å². The van der Waals surface area contributed by atoms with Crippen molar-refractivity contribution >= 4 is 24.3 Å². The van der Waals surface area contributed by atoms with Gasteiger partial charge in [-0.15, -0.1) is 0 Å². The van der Waals surface area contributed by atoms with Gasteiger partial charge in [-0.25, -0.2) is 40.0 Å². The second kappa shape index (κ2) is 13.4. The highest BCUT2D eigenvalue weighted by Crippen LogP contribution is 2.27. The van der Waals surface area contributed by atoms with Crippen LogP contribution in [0.5, 0.6) is 0 Å². The van der Waals surface area contributed by atoms with Crippen LogP contribution in [0.4, 0.5) is 0 Å². The fourth-order valence-corrected chi connectivity index (χ4v) is 2.12. The molecule has 0 radical (unpaired) electrons. The predicted octanol–water partition coefficient (Wildman–Crippen LogP) is 2.39. The Bertz CT molecular complexity index is 668. The molecule has 0 saturated heterocycles. The Morgan fingerprint density at radius 3 is 1.12 bits per heavy atom. The number of hydrogen-bond donors (Lipinski definition) is 2. The van der Waals surface area contributed by atoms with Crippen molar-refractivity contribution in [2.45, 2.75) is 40.8 Å². The lowest BCUT2D eigenvalue weighted by atomic mass is 9.89. The van der Waals surface area contributed by atoms with Crippen LogP contribution in [0.15, 0.2) is 9.98 Å². The minimum Gasteiger partial charge on any atom is -0.222 e. The Kier molecular flexibility index (Phi) is 12.9. The number of hydrogen-bond acceptors (Lipinski definition) is 8. The van der Waals surface area contributed by atoms with Gasteiger partial charge in [-0.3, -0.25) is 0 Å². The quantitative estimate of drug-likeness (QED) is 0.645. The molecule has 126 valence electrons. The third-order valence-corrected chi connectivity index (χ3v) is 3.56. The van der Waals surface area contributed by atoms with Crippen molar-refractivity contribution in [1.29, 1.82) is 10.8 Å². The zero-order valence-electron chi connectivity index (χ0n) is 13.9. The third kappa shape index (κ3) is 7.14. The normalized spacial score (nSPS) is 7.83. The van der Waals surface area contributed by atoms with E-state index in [0.717, 1.165) is 34.4 Å².